The van der Waals surface area contributed by atoms with Gasteiger partial charge in [0.15, 0.2) is 5.69 Å². The number of rotatable bonds is 7. The van der Waals surface area contributed by atoms with Crippen LogP contribution in [0.2, 0.25) is 0 Å². The zero-order chi connectivity index (χ0) is 16.7. The molecule has 0 aliphatic heterocycles. The van der Waals surface area contributed by atoms with Crippen molar-refractivity contribution in [2.45, 2.75) is 19.3 Å². The van der Waals surface area contributed by atoms with Gasteiger partial charge in [0.05, 0.1) is 4.92 Å². The van der Waals surface area contributed by atoms with Crippen LogP contribution in [0.5, 0.6) is 5.75 Å². The first-order valence-electron chi connectivity index (χ1n) is 7.19. The smallest absolute Gasteiger partial charge is 0.296 e. The Labute approximate surface area is 133 Å². The number of nitrogens with zero attached hydrogens (tertiary/aromatic N) is 3. The van der Waals surface area contributed by atoms with Gasteiger partial charge in [-0.1, -0.05) is 18.2 Å². The van der Waals surface area contributed by atoms with Crippen molar-refractivity contribution < 1.29 is 15.1 Å². The Kier molecular flexibility index (Phi) is 5.76. The van der Waals surface area contributed by atoms with Gasteiger partial charge in [0.25, 0.3) is 5.69 Å². The van der Waals surface area contributed by atoms with Crippen molar-refractivity contribution >= 4 is 17.1 Å². The highest BCUT2D eigenvalue weighted by molar-refractivity contribution is 5.58. The van der Waals surface area contributed by atoms with Gasteiger partial charge < -0.3 is 10.2 Å². The number of nitro groups is 1. The fourth-order valence-corrected chi connectivity index (χ4v) is 2.06. The summed E-state index contributed by atoms with van der Waals surface area (Å²) in [5, 5.41) is 37.4. The molecule has 0 aliphatic carbocycles. The molecule has 0 bridgehead atoms. The van der Waals surface area contributed by atoms with Crippen LogP contribution in [0, 0.1) is 10.1 Å². The van der Waals surface area contributed by atoms with Gasteiger partial charge in [-0.15, -0.1) is 10.2 Å². The van der Waals surface area contributed by atoms with Crippen molar-refractivity contribution in [1.82, 2.24) is 0 Å². The lowest BCUT2D eigenvalue weighted by atomic mass is 10.1. The molecule has 23 heavy (non-hydrogen) atoms. The Morgan fingerprint density at radius 2 is 1.78 bits per heavy atom. The molecule has 120 valence electrons. The van der Waals surface area contributed by atoms with E-state index < -0.39 is 4.92 Å². The zero-order valence-electron chi connectivity index (χ0n) is 12.4. The first-order chi connectivity index (χ1) is 11.1. The van der Waals surface area contributed by atoms with Crippen LogP contribution in [0.4, 0.5) is 17.1 Å². The Bertz CT molecular complexity index is 716. The lowest BCUT2D eigenvalue weighted by Gasteiger charge is -2.03. The maximum atomic E-state index is 10.9. The number of para-hydroxylation sites is 1. The topological polar surface area (TPSA) is 108 Å². The van der Waals surface area contributed by atoms with Crippen LogP contribution in [0.3, 0.4) is 0 Å². The van der Waals surface area contributed by atoms with E-state index in [9.17, 15) is 15.2 Å². The molecular formula is C16H17N3O4. The Balaban J connectivity index is 2.22. The van der Waals surface area contributed by atoms with Crippen molar-refractivity contribution in [3.8, 4) is 5.75 Å². The molecule has 7 heteroatoms. The van der Waals surface area contributed by atoms with Crippen molar-refractivity contribution in [2.24, 2.45) is 10.2 Å². The standard InChI is InChI=1S/C16H17N3O4/c20-10-4-3-5-12-8-9-16(21)14(11-12)18-17-13-6-1-2-7-15(13)19(22)23/h1-2,6-9,11,20-21H,3-5,10H2. The number of hydrogen-bond acceptors (Lipinski definition) is 6. The van der Waals surface area contributed by atoms with Crippen molar-refractivity contribution in [3.63, 3.8) is 0 Å². The zero-order valence-corrected chi connectivity index (χ0v) is 12.4. The second-order valence-electron chi connectivity index (χ2n) is 4.95. The monoisotopic (exact) mass is 315 g/mol. The number of azo groups is 1. The van der Waals surface area contributed by atoms with E-state index in [1.165, 1.54) is 18.2 Å². The summed E-state index contributed by atoms with van der Waals surface area (Å²) in [5.74, 6) is -0.0433. The summed E-state index contributed by atoms with van der Waals surface area (Å²) in [4.78, 5) is 10.4. The number of nitro benzene ring substituents is 1. The molecule has 0 spiro atoms. The van der Waals surface area contributed by atoms with E-state index in [-0.39, 0.29) is 29.4 Å². The number of phenolic OH excluding ortho intramolecular Hbond substituents is 1. The molecule has 2 N–H and O–H groups in total. The molecule has 7 nitrogen and oxygen atoms in total. The number of unbranched alkanes of at least 4 members (excludes halogenated alkanes) is 1. The second kappa shape index (κ2) is 8.00. The number of benzene rings is 2. The van der Waals surface area contributed by atoms with Gasteiger partial charge >= 0.3 is 0 Å². The number of aliphatic hydroxyl groups excluding tert-OH is 1. The predicted octanol–water partition coefficient (Wildman–Crippen LogP) is 4.03. The van der Waals surface area contributed by atoms with Crippen molar-refractivity contribution in [2.75, 3.05) is 6.61 Å². The van der Waals surface area contributed by atoms with Crippen LogP contribution >= 0.6 is 0 Å². The van der Waals surface area contributed by atoms with E-state index in [0.717, 1.165) is 18.4 Å². The van der Waals surface area contributed by atoms with Gasteiger partial charge in [-0.2, -0.15) is 0 Å². The van der Waals surface area contributed by atoms with Gasteiger partial charge in [0.2, 0.25) is 0 Å². The fraction of sp³-hybridized carbons (Fsp3) is 0.250. The van der Waals surface area contributed by atoms with Crippen molar-refractivity contribution in [3.05, 3.63) is 58.1 Å². The minimum absolute atomic E-state index is 0.0433. The first-order valence-corrected chi connectivity index (χ1v) is 7.19. The molecule has 2 rings (SSSR count). The van der Waals surface area contributed by atoms with Gasteiger partial charge in [-0.3, -0.25) is 10.1 Å². The second-order valence-corrected chi connectivity index (χ2v) is 4.95. The molecule has 0 saturated heterocycles. The normalized spacial score (nSPS) is 11.0. The number of aromatic hydroxyl groups is 1. The van der Waals surface area contributed by atoms with Crippen LogP contribution in [0.15, 0.2) is 52.7 Å². The summed E-state index contributed by atoms with van der Waals surface area (Å²) in [6.07, 6.45) is 2.27. The van der Waals surface area contributed by atoms with Crippen LogP contribution in [-0.4, -0.2) is 21.7 Å². The largest absolute Gasteiger partial charge is 0.506 e. The van der Waals surface area contributed by atoms with Crippen LogP contribution in [-0.2, 0) is 6.42 Å². The number of aryl methyl sites for hydroxylation is 1. The molecule has 0 unspecified atom stereocenters. The van der Waals surface area contributed by atoms with E-state index in [2.05, 4.69) is 10.2 Å². The molecule has 2 aromatic rings. The van der Waals surface area contributed by atoms with Crippen molar-refractivity contribution in [1.29, 1.82) is 0 Å². The maximum absolute atomic E-state index is 10.9. The van der Waals surface area contributed by atoms with E-state index in [0.29, 0.717) is 6.42 Å². The molecule has 0 fully saturated rings. The van der Waals surface area contributed by atoms with Gasteiger partial charge in [0.1, 0.15) is 11.4 Å². The molecule has 0 radical (unpaired) electrons. The summed E-state index contributed by atoms with van der Waals surface area (Å²) >= 11 is 0. The highest BCUT2D eigenvalue weighted by atomic mass is 16.6. The van der Waals surface area contributed by atoms with Crippen LogP contribution in [0.1, 0.15) is 18.4 Å². The third kappa shape index (κ3) is 4.58. The maximum Gasteiger partial charge on any atom is 0.296 e. The minimum Gasteiger partial charge on any atom is -0.506 e. The first kappa shape index (κ1) is 16.6. The van der Waals surface area contributed by atoms with Gasteiger partial charge in [0, 0.05) is 12.7 Å². The summed E-state index contributed by atoms with van der Waals surface area (Å²) < 4.78 is 0. The lowest BCUT2D eigenvalue weighted by Crippen LogP contribution is -1.88. The predicted molar refractivity (Wildman–Crippen MR) is 85.4 cm³/mol. The third-order valence-corrected chi connectivity index (χ3v) is 3.26. The lowest BCUT2D eigenvalue weighted by molar-refractivity contribution is -0.384. The van der Waals surface area contributed by atoms with E-state index >= 15 is 0 Å². The summed E-state index contributed by atoms with van der Waals surface area (Å²) in [7, 11) is 0. The molecule has 2 aromatic carbocycles. The minimum atomic E-state index is -0.528. The summed E-state index contributed by atoms with van der Waals surface area (Å²) in [5.41, 5.74) is 1.19. The molecule has 0 amide bonds. The van der Waals surface area contributed by atoms with Gasteiger partial charge in [-0.25, -0.2) is 0 Å². The Morgan fingerprint density at radius 3 is 2.52 bits per heavy atom. The summed E-state index contributed by atoms with van der Waals surface area (Å²) in [6, 6.07) is 11.0. The average Bonchev–Trinajstić information content (AvgIpc) is 2.55. The quantitative estimate of drug-likeness (QED) is 0.348. The Morgan fingerprint density at radius 1 is 1.04 bits per heavy atom. The Hall–Kier alpha value is -2.80. The highest BCUT2D eigenvalue weighted by Gasteiger charge is 2.12. The fourth-order valence-electron chi connectivity index (χ4n) is 2.06. The SMILES string of the molecule is O=[N+]([O-])c1ccccc1N=Nc1cc(CCCCO)ccc1O. The molecule has 0 aromatic heterocycles. The van der Waals surface area contributed by atoms with E-state index in [4.69, 9.17) is 5.11 Å². The molecule has 0 aliphatic rings. The molecule has 0 atom stereocenters. The molecule has 0 heterocycles. The number of aliphatic hydroxyl groups is 1. The van der Waals surface area contributed by atoms with E-state index in [1.807, 2.05) is 0 Å². The number of hydrogen-bond donors (Lipinski definition) is 2. The molecule has 0 saturated carbocycles. The van der Waals surface area contributed by atoms with E-state index in [1.54, 1.807) is 24.3 Å². The van der Waals surface area contributed by atoms with Crippen LogP contribution in [0.25, 0.3) is 0 Å². The molecular weight excluding hydrogens is 298 g/mol. The summed E-state index contributed by atoms with van der Waals surface area (Å²) in [6.45, 7) is 0.141. The third-order valence-electron chi connectivity index (χ3n) is 3.26. The average molecular weight is 315 g/mol. The van der Waals surface area contributed by atoms with Crippen LogP contribution < -0.4 is 0 Å². The number of phenols is 1. The highest BCUT2D eigenvalue weighted by Crippen LogP contribution is 2.32. The van der Waals surface area contributed by atoms with Gasteiger partial charge in [-0.05, 0) is 43.0 Å².